The van der Waals surface area contributed by atoms with Crippen LogP contribution in [0.3, 0.4) is 0 Å². The zero-order chi connectivity index (χ0) is 12.1. The van der Waals surface area contributed by atoms with Crippen molar-refractivity contribution in [3.05, 3.63) is 0 Å². The fraction of sp³-hybridized carbons (Fsp3) is 1.00. The van der Waals surface area contributed by atoms with E-state index in [1.54, 1.807) is 0 Å². The largest absolute Gasteiger partial charge is 0.376 e. The molecular weight excluding hydrogens is 200 g/mol. The summed E-state index contributed by atoms with van der Waals surface area (Å²) in [6, 6.07) is 1.22. The first-order valence-corrected chi connectivity index (χ1v) is 6.59. The van der Waals surface area contributed by atoms with Crippen LogP contribution in [0.15, 0.2) is 0 Å². The Balaban J connectivity index is 2.33. The predicted molar refractivity (Wildman–Crippen MR) is 68.8 cm³/mol. The van der Waals surface area contributed by atoms with Crippen molar-refractivity contribution >= 4 is 0 Å². The molecule has 1 saturated heterocycles. The third-order valence-corrected chi connectivity index (χ3v) is 3.52. The van der Waals surface area contributed by atoms with E-state index in [0.717, 1.165) is 26.2 Å². The summed E-state index contributed by atoms with van der Waals surface area (Å²) in [4.78, 5) is 2.56. The molecule has 3 heteroatoms. The van der Waals surface area contributed by atoms with E-state index < -0.39 is 0 Å². The number of rotatable bonds is 5. The van der Waals surface area contributed by atoms with Gasteiger partial charge in [0.2, 0.25) is 0 Å². The van der Waals surface area contributed by atoms with Crippen molar-refractivity contribution < 1.29 is 4.74 Å². The van der Waals surface area contributed by atoms with E-state index in [4.69, 9.17) is 4.74 Å². The smallest absolute Gasteiger partial charge is 0.0674 e. The second kappa shape index (κ2) is 6.58. The van der Waals surface area contributed by atoms with Gasteiger partial charge in [0.1, 0.15) is 0 Å². The van der Waals surface area contributed by atoms with Crippen molar-refractivity contribution in [2.24, 2.45) is 5.92 Å². The lowest BCUT2D eigenvalue weighted by atomic mass is 10.0. The summed E-state index contributed by atoms with van der Waals surface area (Å²) >= 11 is 0. The van der Waals surface area contributed by atoms with Crippen LogP contribution in [0, 0.1) is 5.92 Å². The van der Waals surface area contributed by atoms with Gasteiger partial charge in [-0.15, -0.1) is 0 Å². The number of nitrogens with one attached hydrogen (secondary N) is 1. The zero-order valence-electron chi connectivity index (χ0n) is 11.5. The maximum absolute atomic E-state index is 5.58. The van der Waals surface area contributed by atoms with E-state index in [-0.39, 0.29) is 0 Å². The molecule has 96 valence electrons. The molecule has 0 bridgehead atoms. The summed E-state index contributed by atoms with van der Waals surface area (Å²) in [6.07, 6.45) is 0.390. The third-order valence-electron chi connectivity index (χ3n) is 3.52. The molecule has 0 radical (unpaired) electrons. The minimum Gasteiger partial charge on any atom is -0.376 e. The van der Waals surface area contributed by atoms with Gasteiger partial charge < -0.3 is 10.1 Å². The summed E-state index contributed by atoms with van der Waals surface area (Å²) < 4.78 is 5.58. The Bertz CT molecular complexity index is 196. The third kappa shape index (κ3) is 4.40. The molecule has 0 spiro atoms. The molecule has 1 heterocycles. The molecule has 1 fully saturated rings. The fourth-order valence-corrected chi connectivity index (χ4v) is 2.17. The van der Waals surface area contributed by atoms with Crippen LogP contribution in [-0.4, -0.2) is 49.3 Å². The Labute approximate surface area is 101 Å². The SMILES string of the molecule is CC(C)NCC(C)C(C)N1CCOC(C)C1. The van der Waals surface area contributed by atoms with Crippen molar-refractivity contribution in [3.8, 4) is 0 Å². The summed E-state index contributed by atoms with van der Waals surface area (Å²) in [7, 11) is 0. The van der Waals surface area contributed by atoms with Crippen LogP contribution in [-0.2, 0) is 4.74 Å². The number of nitrogens with zero attached hydrogens (tertiary/aromatic N) is 1. The summed E-state index contributed by atoms with van der Waals surface area (Å²) in [6.45, 7) is 15.4. The first-order chi connectivity index (χ1) is 7.50. The van der Waals surface area contributed by atoms with Crippen LogP contribution in [0.25, 0.3) is 0 Å². The monoisotopic (exact) mass is 228 g/mol. The lowest BCUT2D eigenvalue weighted by molar-refractivity contribution is -0.0389. The molecule has 1 aliphatic rings. The van der Waals surface area contributed by atoms with Crippen molar-refractivity contribution in [1.29, 1.82) is 0 Å². The first-order valence-electron chi connectivity index (χ1n) is 6.59. The highest BCUT2D eigenvalue weighted by Gasteiger charge is 2.24. The molecule has 3 unspecified atom stereocenters. The molecule has 0 aromatic rings. The van der Waals surface area contributed by atoms with Gasteiger partial charge in [0, 0.05) is 25.2 Å². The van der Waals surface area contributed by atoms with Crippen LogP contribution >= 0.6 is 0 Å². The molecular formula is C13H28N2O. The molecule has 1 N–H and O–H groups in total. The molecule has 16 heavy (non-hydrogen) atoms. The lowest BCUT2D eigenvalue weighted by Gasteiger charge is -2.38. The van der Waals surface area contributed by atoms with E-state index in [9.17, 15) is 0 Å². The van der Waals surface area contributed by atoms with E-state index in [1.165, 1.54) is 0 Å². The number of hydrogen-bond acceptors (Lipinski definition) is 3. The first kappa shape index (κ1) is 13.9. The van der Waals surface area contributed by atoms with Crippen molar-refractivity contribution in [1.82, 2.24) is 10.2 Å². The normalized spacial score (nSPS) is 27.0. The molecule has 0 saturated carbocycles. The Morgan fingerprint density at radius 2 is 2.00 bits per heavy atom. The topological polar surface area (TPSA) is 24.5 Å². The van der Waals surface area contributed by atoms with Crippen molar-refractivity contribution in [3.63, 3.8) is 0 Å². The average Bonchev–Trinajstić information content (AvgIpc) is 2.24. The highest BCUT2D eigenvalue weighted by atomic mass is 16.5. The van der Waals surface area contributed by atoms with Crippen LogP contribution in [0.5, 0.6) is 0 Å². The van der Waals surface area contributed by atoms with Crippen LogP contribution in [0.2, 0.25) is 0 Å². The molecule has 3 nitrogen and oxygen atoms in total. The van der Waals surface area contributed by atoms with Crippen LogP contribution < -0.4 is 5.32 Å². The quantitative estimate of drug-likeness (QED) is 0.775. The molecule has 0 amide bonds. The number of ether oxygens (including phenoxy) is 1. The van der Waals surface area contributed by atoms with Crippen LogP contribution in [0.4, 0.5) is 0 Å². The molecule has 1 rings (SSSR count). The molecule has 0 aliphatic carbocycles. The molecule has 1 aliphatic heterocycles. The Morgan fingerprint density at radius 1 is 1.31 bits per heavy atom. The lowest BCUT2D eigenvalue weighted by Crippen LogP contribution is -2.49. The molecule has 0 aromatic carbocycles. The van der Waals surface area contributed by atoms with Gasteiger partial charge in [0.05, 0.1) is 12.7 Å². The van der Waals surface area contributed by atoms with Gasteiger partial charge in [-0.2, -0.15) is 0 Å². The Morgan fingerprint density at radius 3 is 2.56 bits per heavy atom. The fourth-order valence-electron chi connectivity index (χ4n) is 2.17. The van der Waals surface area contributed by atoms with Crippen molar-refractivity contribution in [2.75, 3.05) is 26.2 Å². The van der Waals surface area contributed by atoms with Gasteiger partial charge in [0.25, 0.3) is 0 Å². The molecule has 3 atom stereocenters. The highest BCUT2D eigenvalue weighted by Crippen LogP contribution is 2.14. The number of hydrogen-bond donors (Lipinski definition) is 1. The predicted octanol–water partition coefficient (Wildman–Crippen LogP) is 1.73. The second-order valence-corrected chi connectivity index (χ2v) is 5.46. The highest BCUT2D eigenvalue weighted by molar-refractivity contribution is 4.78. The van der Waals surface area contributed by atoms with Gasteiger partial charge in [-0.05, 0) is 26.3 Å². The van der Waals surface area contributed by atoms with Gasteiger partial charge in [0.15, 0.2) is 0 Å². The van der Waals surface area contributed by atoms with Crippen molar-refractivity contribution in [2.45, 2.75) is 52.8 Å². The van der Waals surface area contributed by atoms with Gasteiger partial charge in [-0.3, -0.25) is 4.90 Å². The van der Waals surface area contributed by atoms with Crippen LogP contribution in [0.1, 0.15) is 34.6 Å². The van der Waals surface area contributed by atoms with E-state index in [0.29, 0.717) is 24.1 Å². The summed E-state index contributed by atoms with van der Waals surface area (Å²) in [5.74, 6) is 0.688. The van der Waals surface area contributed by atoms with E-state index in [1.807, 2.05) is 0 Å². The van der Waals surface area contributed by atoms with Gasteiger partial charge >= 0.3 is 0 Å². The minimum absolute atomic E-state index is 0.390. The average molecular weight is 228 g/mol. The Hall–Kier alpha value is -0.120. The summed E-state index contributed by atoms with van der Waals surface area (Å²) in [5.41, 5.74) is 0. The second-order valence-electron chi connectivity index (χ2n) is 5.46. The zero-order valence-corrected chi connectivity index (χ0v) is 11.5. The standard InChI is InChI=1S/C13H28N2O/c1-10(2)14-8-11(3)13(5)15-6-7-16-12(4)9-15/h10-14H,6-9H2,1-5H3. The van der Waals surface area contributed by atoms with Gasteiger partial charge in [-0.25, -0.2) is 0 Å². The van der Waals surface area contributed by atoms with E-state index >= 15 is 0 Å². The molecule has 0 aromatic heterocycles. The maximum atomic E-state index is 5.58. The summed E-state index contributed by atoms with van der Waals surface area (Å²) in [5, 5.41) is 3.52. The van der Waals surface area contributed by atoms with E-state index in [2.05, 4.69) is 44.8 Å². The maximum Gasteiger partial charge on any atom is 0.0674 e. The van der Waals surface area contributed by atoms with Gasteiger partial charge in [-0.1, -0.05) is 20.8 Å². The number of morpholine rings is 1. The Kier molecular flexibility index (Phi) is 5.73. The minimum atomic E-state index is 0.390.